The smallest absolute Gasteiger partial charge is 0.164 e. The minimum atomic E-state index is 0.632. The molecule has 7 aromatic carbocycles. The van der Waals surface area contributed by atoms with Crippen LogP contribution in [0.15, 0.2) is 180 Å². The molecular formula is C45H29N3O. The normalized spacial score (nSPS) is 11.3. The molecule has 0 fully saturated rings. The fraction of sp³-hybridized carbons (Fsp3) is 0. The van der Waals surface area contributed by atoms with Gasteiger partial charge in [0.2, 0.25) is 0 Å². The van der Waals surface area contributed by atoms with E-state index in [1.54, 1.807) is 0 Å². The Balaban J connectivity index is 1.09. The molecule has 0 bridgehead atoms. The molecule has 9 aromatic rings. The molecule has 0 aliphatic heterocycles. The second-order valence-corrected chi connectivity index (χ2v) is 12.1. The summed E-state index contributed by atoms with van der Waals surface area (Å²) >= 11 is 0. The van der Waals surface area contributed by atoms with Crippen LogP contribution in [0.3, 0.4) is 0 Å². The average Bonchev–Trinajstić information content (AvgIpc) is 3.57. The molecule has 230 valence electrons. The summed E-state index contributed by atoms with van der Waals surface area (Å²) in [5, 5.41) is 2.26. The maximum atomic E-state index is 6.06. The van der Waals surface area contributed by atoms with Gasteiger partial charge in [-0.15, -0.1) is 0 Å². The molecule has 0 saturated carbocycles. The van der Waals surface area contributed by atoms with Crippen LogP contribution in [0.25, 0.3) is 89.5 Å². The van der Waals surface area contributed by atoms with Crippen LogP contribution in [-0.2, 0) is 0 Å². The zero-order valence-corrected chi connectivity index (χ0v) is 26.5. The first-order valence-electron chi connectivity index (χ1n) is 16.4. The van der Waals surface area contributed by atoms with Crippen LogP contribution >= 0.6 is 0 Å². The summed E-state index contributed by atoms with van der Waals surface area (Å²) in [7, 11) is 0. The summed E-state index contributed by atoms with van der Waals surface area (Å²) in [6.07, 6.45) is 0. The van der Waals surface area contributed by atoms with Gasteiger partial charge in [-0.05, 0) is 57.6 Å². The Kier molecular flexibility index (Phi) is 7.10. The lowest BCUT2D eigenvalue weighted by Crippen LogP contribution is -2.01. The SMILES string of the molecule is c1ccc(-c2nc(-c3ccc(-c4cccc(-c5ccc6oc7ccccc7c6c5)c4)cc3)nc(-c3ccccc3-c3ccccc3)n2)cc1. The molecule has 9 rings (SSSR count). The topological polar surface area (TPSA) is 51.8 Å². The van der Waals surface area contributed by atoms with Crippen molar-refractivity contribution < 1.29 is 4.42 Å². The Bertz CT molecular complexity index is 2590. The number of rotatable bonds is 6. The lowest BCUT2D eigenvalue weighted by atomic mass is 9.97. The van der Waals surface area contributed by atoms with Gasteiger partial charge in [-0.1, -0.05) is 152 Å². The highest BCUT2D eigenvalue weighted by Crippen LogP contribution is 2.35. The number of hydrogen-bond acceptors (Lipinski definition) is 4. The Morgan fingerprint density at radius 3 is 1.53 bits per heavy atom. The second-order valence-electron chi connectivity index (χ2n) is 12.1. The van der Waals surface area contributed by atoms with Crippen LogP contribution < -0.4 is 0 Å². The third-order valence-corrected chi connectivity index (χ3v) is 8.97. The van der Waals surface area contributed by atoms with Gasteiger partial charge in [0.15, 0.2) is 17.5 Å². The zero-order valence-electron chi connectivity index (χ0n) is 26.5. The van der Waals surface area contributed by atoms with Crippen molar-refractivity contribution in [1.82, 2.24) is 15.0 Å². The lowest BCUT2D eigenvalue weighted by Gasteiger charge is -2.12. The number of para-hydroxylation sites is 1. The average molecular weight is 628 g/mol. The minimum Gasteiger partial charge on any atom is -0.456 e. The Morgan fingerprint density at radius 2 is 0.776 bits per heavy atom. The predicted octanol–water partition coefficient (Wildman–Crippen LogP) is 11.8. The molecule has 0 saturated heterocycles. The maximum Gasteiger partial charge on any atom is 0.164 e. The summed E-state index contributed by atoms with van der Waals surface area (Å²) in [6, 6.07) is 60.5. The highest BCUT2D eigenvalue weighted by molar-refractivity contribution is 6.06. The molecule has 0 spiro atoms. The van der Waals surface area contributed by atoms with Gasteiger partial charge in [-0.25, -0.2) is 15.0 Å². The van der Waals surface area contributed by atoms with Crippen LogP contribution in [0.2, 0.25) is 0 Å². The zero-order chi connectivity index (χ0) is 32.6. The van der Waals surface area contributed by atoms with Gasteiger partial charge in [0.05, 0.1) is 0 Å². The van der Waals surface area contributed by atoms with E-state index in [1.165, 1.54) is 0 Å². The van der Waals surface area contributed by atoms with Crippen LogP contribution in [-0.4, -0.2) is 15.0 Å². The van der Waals surface area contributed by atoms with E-state index in [2.05, 4.69) is 121 Å². The fourth-order valence-electron chi connectivity index (χ4n) is 6.49. The van der Waals surface area contributed by atoms with Crippen molar-refractivity contribution in [3.8, 4) is 67.5 Å². The summed E-state index contributed by atoms with van der Waals surface area (Å²) in [5.74, 6) is 1.91. The van der Waals surface area contributed by atoms with E-state index in [0.717, 1.165) is 72.0 Å². The van der Waals surface area contributed by atoms with Gasteiger partial charge in [0, 0.05) is 27.5 Å². The van der Waals surface area contributed by atoms with Gasteiger partial charge < -0.3 is 4.42 Å². The molecule has 0 unspecified atom stereocenters. The van der Waals surface area contributed by atoms with Crippen LogP contribution in [0.1, 0.15) is 0 Å². The van der Waals surface area contributed by atoms with Gasteiger partial charge in [-0.3, -0.25) is 0 Å². The highest BCUT2D eigenvalue weighted by Gasteiger charge is 2.16. The van der Waals surface area contributed by atoms with E-state index in [4.69, 9.17) is 19.4 Å². The van der Waals surface area contributed by atoms with E-state index >= 15 is 0 Å². The molecule has 0 radical (unpaired) electrons. The number of benzene rings is 7. The van der Waals surface area contributed by atoms with Gasteiger partial charge in [0.25, 0.3) is 0 Å². The van der Waals surface area contributed by atoms with Crippen molar-refractivity contribution in [3.63, 3.8) is 0 Å². The molecule has 2 heterocycles. The number of hydrogen-bond donors (Lipinski definition) is 0. The number of nitrogens with zero attached hydrogens (tertiary/aromatic N) is 3. The van der Waals surface area contributed by atoms with Gasteiger partial charge in [-0.2, -0.15) is 0 Å². The monoisotopic (exact) mass is 627 g/mol. The Morgan fingerprint density at radius 1 is 0.286 bits per heavy atom. The van der Waals surface area contributed by atoms with Crippen molar-refractivity contribution in [1.29, 1.82) is 0 Å². The first kappa shape index (κ1) is 28.6. The molecule has 2 aromatic heterocycles. The largest absolute Gasteiger partial charge is 0.456 e. The van der Waals surface area contributed by atoms with Crippen LogP contribution in [0.5, 0.6) is 0 Å². The number of fused-ring (bicyclic) bond motifs is 3. The summed E-state index contributed by atoms with van der Waals surface area (Å²) in [5.41, 5.74) is 11.4. The molecule has 0 aliphatic carbocycles. The Hall–Kier alpha value is -6.65. The van der Waals surface area contributed by atoms with Crippen molar-refractivity contribution in [2.75, 3.05) is 0 Å². The van der Waals surface area contributed by atoms with Crippen molar-refractivity contribution >= 4 is 21.9 Å². The molecule has 0 N–H and O–H groups in total. The van der Waals surface area contributed by atoms with Crippen molar-refractivity contribution in [2.24, 2.45) is 0 Å². The molecule has 0 amide bonds. The third kappa shape index (κ3) is 5.45. The standard InChI is InChI=1S/C45H29N3O/c1-3-12-31(13-4-1)37-18-7-8-20-39(37)45-47-43(32-14-5-2-6-15-32)46-44(48-45)33-24-22-30(23-25-33)34-16-11-17-35(28-34)36-26-27-42-40(29-36)38-19-9-10-21-41(38)49-42/h1-29H. The second kappa shape index (κ2) is 12.2. The first-order chi connectivity index (χ1) is 24.3. The Labute approximate surface area is 284 Å². The van der Waals surface area contributed by atoms with Crippen molar-refractivity contribution in [3.05, 3.63) is 176 Å². The van der Waals surface area contributed by atoms with E-state index in [0.29, 0.717) is 17.5 Å². The molecule has 0 aliphatic rings. The number of furan rings is 1. The first-order valence-corrected chi connectivity index (χ1v) is 16.4. The molecule has 49 heavy (non-hydrogen) atoms. The van der Waals surface area contributed by atoms with Crippen LogP contribution in [0, 0.1) is 0 Å². The quantitative estimate of drug-likeness (QED) is 0.184. The summed E-state index contributed by atoms with van der Waals surface area (Å²) in [4.78, 5) is 15.0. The fourth-order valence-corrected chi connectivity index (χ4v) is 6.49. The molecule has 4 heteroatoms. The van der Waals surface area contributed by atoms with E-state index < -0.39 is 0 Å². The molecule has 4 nitrogen and oxygen atoms in total. The molecule has 0 atom stereocenters. The predicted molar refractivity (Wildman–Crippen MR) is 200 cm³/mol. The van der Waals surface area contributed by atoms with E-state index in [1.807, 2.05) is 54.6 Å². The van der Waals surface area contributed by atoms with Gasteiger partial charge >= 0.3 is 0 Å². The van der Waals surface area contributed by atoms with Gasteiger partial charge in [0.1, 0.15) is 11.2 Å². The third-order valence-electron chi connectivity index (χ3n) is 8.97. The van der Waals surface area contributed by atoms with E-state index in [-0.39, 0.29) is 0 Å². The maximum absolute atomic E-state index is 6.06. The van der Waals surface area contributed by atoms with E-state index in [9.17, 15) is 0 Å². The molecular weight excluding hydrogens is 599 g/mol. The van der Waals surface area contributed by atoms with Crippen molar-refractivity contribution in [2.45, 2.75) is 0 Å². The minimum absolute atomic E-state index is 0.632. The summed E-state index contributed by atoms with van der Waals surface area (Å²) in [6.45, 7) is 0. The summed E-state index contributed by atoms with van der Waals surface area (Å²) < 4.78 is 6.06. The van der Waals surface area contributed by atoms with Crippen LogP contribution in [0.4, 0.5) is 0 Å². The highest BCUT2D eigenvalue weighted by atomic mass is 16.3. The lowest BCUT2D eigenvalue weighted by molar-refractivity contribution is 0.669. The number of aromatic nitrogens is 3.